The highest BCUT2D eigenvalue weighted by atomic mass is 16.6. The summed E-state index contributed by atoms with van der Waals surface area (Å²) < 4.78 is 10.5. The van der Waals surface area contributed by atoms with Gasteiger partial charge in [-0.2, -0.15) is 0 Å². The van der Waals surface area contributed by atoms with Crippen molar-refractivity contribution in [2.24, 2.45) is 0 Å². The fraction of sp³-hybridized carbons (Fsp3) is 0.739. The highest BCUT2D eigenvalue weighted by Gasteiger charge is 2.50. The van der Waals surface area contributed by atoms with Crippen LogP contribution in [0.5, 0.6) is 0 Å². The Morgan fingerprint density at radius 3 is 2.48 bits per heavy atom. The second-order valence-corrected chi connectivity index (χ2v) is 9.21. The molecule has 10 heteroatoms. The van der Waals surface area contributed by atoms with E-state index in [-0.39, 0.29) is 24.8 Å². The first-order valence-corrected chi connectivity index (χ1v) is 11.8. The molecule has 0 spiro atoms. The van der Waals surface area contributed by atoms with Gasteiger partial charge in [-0.25, -0.2) is 0 Å². The maximum atomic E-state index is 12.9. The Morgan fingerprint density at radius 1 is 1.12 bits per heavy atom. The van der Waals surface area contributed by atoms with Gasteiger partial charge in [0.15, 0.2) is 5.78 Å². The molecule has 10 nitrogen and oxygen atoms in total. The maximum absolute atomic E-state index is 12.9. The van der Waals surface area contributed by atoms with Crippen LogP contribution in [0.3, 0.4) is 0 Å². The van der Waals surface area contributed by atoms with Gasteiger partial charge in [-0.3, -0.25) is 24.1 Å². The molecule has 3 amide bonds. The van der Waals surface area contributed by atoms with Gasteiger partial charge < -0.3 is 25.4 Å². The van der Waals surface area contributed by atoms with E-state index < -0.39 is 29.5 Å². The zero-order chi connectivity index (χ0) is 23.8. The van der Waals surface area contributed by atoms with E-state index >= 15 is 0 Å². The van der Waals surface area contributed by atoms with Gasteiger partial charge in [-0.1, -0.05) is 11.6 Å². The first-order chi connectivity index (χ1) is 15.8. The predicted octanol–water partition coefficient (Wildman–Crippen LogP) is -0.327. The third-order valence-corrected chi connectivity index (χ3v) is 6.27. The molecule has 0 saturated carbocycles. The molecule has 0 aromatic rings. The number of carbonyl (C=O) groups excluding carboxylic acids is 4. The summed E-state index contributed by atoms with van der Waals surface area (Å²) in [4.78, 5) is 51.8. The SMILES string of the molecule is C[C@H](NC(=O)CN1CCOCC1)C(=O)NCC(=O)N[C@@H](CC1=CCCCC1)C(=O)[C@@]1(C)CO1. The molecular weight excluding hydrogens is 428 g/mol. The zero-order valence-electron chi connectivity index (χ0n) is 19.6. The summed E-state index contributed by atoms with van der Waals surface area (Å²) in [6.45, 7) is 6.10. The van der Waals surface area contributed by atoms with Crippen LogP contribution in [-0.2, 0) is 28.7 Å². The van der Waals surface area contributed by atoms with Crippen LogP contribution in [0, 0.1) is 0 Å². The van der Waals surface area contributed by atoms with E-state index in [1.54, 1.807) is 13.8 Å². The van der Waals surface area contributed by atoms with Gasteiger partial charge in [0, 0.05) is 13.1 Å². The Labute approximate surface area is 194 Å². The van der Waals surface area contributed by atoms with Crippen molar-refractivity contribution in [2.75, 3.05) is 46.0 Å². The second-order valence-electron chi connectivity index (χ2n) is 9.21. The van der Waals surface area contributed by atoms with Crippen molar-refractivity contribution < 1.29 is 28.7 Å². The number of nitrogens with zero attached hydrogens (tertiary/aromatic N) is 1. The lowest BCUT2D eigenvalue weighted by atomic mass is 9.90. The average Bonchev–Trinajstić information content (AvgIpc) is 3.56. The average molecular weight is 465 g/mol. The molecule has 0 bridgehead atoms. The van der Waals surface area contributed by atoms with Crippen LogP contribution in [0.1, 0.15) is 46.0 Å². The Morgan fingerprint density at radius 2 is 1.85 bits per heavy atom. The van der Waals surface area contributed by atoms with Gasteiger partial charge in [-0.05, 0) is 46.0 Å². The number of Topliss-reactive ketones (excluding diaryl/α,β-unsaturated/α-hetero) is 1. The molecule has 2 aliphatic heterocycles. The quantitative estimate of drug-likeness (QED) is 0.282. The molecule has 3 aliphatic rings. The van der Waals surface area contributed by atoms with E-state index in [1.807, 2.05) is 4.90 Å². The van der Waals surface area contributed by atoms with Gasteiger partial charge in [0.05, 0.1) is 39.0 Å². The summed E-state index contributed by atoms with van der Waals surface area (Å²) in [5.74, 6) is -1.31. The van der Waals surface area contributed by atoms with Crippen molar-refractivity contribution in [1.29, 1.82) is 0 Å². The minimum Gasteiger partial charge on any atom is -0.379 e. The predicted molar refractivity (Wildman–Crippen MR) is 120 cm³/mol. The lowest BCUT2D eigenvalue weighted by molar-refractivity contribution is -0.132. The lowest BCUT2D eigenvalue weighted by Crippen LogP contribution is -2.52. The number of rotatable bonds is 11. The van der Waals surface area contributed by atoms with E-state index in [1.165, 1.54) is 5.57 Å². The first-order valence-electron chi connectivity index (χ1n) is 11.8. The van der Waals surface area contributed by atoms with Gasteiger partial charge >= 0.3 is 0 Å². The third-order valence-electron chi connectivity index (χ3n) is 6.27. The third kappa shape index (κ3) is 7.90. The summed E-state index contributed by atoms with van der Waals surface area (Å²) in [5.41, 5.74) is 0.333. The van der Waals surface area contributed by atoms with Crippen LogP contribution in [0.25, 0.3) is 0 Å². The molecule has 0 radical (unpaired) electrons. The number of ketones is 1. The molecule has 0 aromatic heterocycles. The number of epoxide rings is 1. The van der Waals surface area contributed by atoms with Gasteiger partial charge in [0.1, 0.15) is 11.6 Å². The maximum Gasteiger partial charge on any atom is 0.242 e. The molecule has 33 heavy (non-hydrogen) atoms. The van der Waals surface area contributed by atoms with Crippen molar-refractivity contribution >= 4 is 23.5 Å². The fourth-order valence-corrected chi connectivity index (χ4v) is 4.06. The Balaban J connectivity index is 1.44. The summed E-state index contributed by atoms with van der Waals surface area (Å²) in [6, 6.07) is -1.47. The second kappa shape index (κ2) is 11.7. The monoisotopic (exact) mass is 464 g/mol. The number of hydrogen-bond acceptors (Lipinski definition) is 7. The summed E-state index contributed by atoms with van der Waals surface area (Å²) in [7, 11) is 0. The van der Waals surface area contributed by atoms with E-state index in [4.69, 9.17) is 9.47 Å². The van der Waals surface area contributed by atoms with Gasteiger partial charge in [-0.15, -0.1) is 0 Å². The number of allylic oxidation sites excluding steroid dienone is 1. The highest BCUT2D eigenvalue weighted by Crippen LogP contribution is 2.31. The molecule has 2 saturated heterocycles. The van der Waals surface area contributed by atoms with Crippen LogP contribution in [0.15, 0.2) is 11.6 Å². The summed E-state index contributed by atoms with van der Waals surface area (Å²) >= 11 is 0. The molecule has 3 atom stereocenters. The van der Waals surface area contributed by atoms with E-state index in [2.05, 4.69) is 22.0 Å². The number of hydrogen-bond donors (Lipinski definition) is 3. The van der Waals surface area contributed by atoms with Crippen molar-refractivity contribution in [3.05, 3.63) is 11.6 Å². The topological polar surface area (TPSA) is 129 Å². The summed E-state index contributed by atoms with van der Waals surface area (Å²) in [6.07, 6.45) is 6.75. The molecule has 3 rings (SSSR count). The molecule has 2 heterocycles. The van der Waals surface area contributed by atoms with E-state index in [0.29, 0.717) is 39.3 Å². The summed E-state index contributed by atoms with van der Waals surface area (Å²) in [5, 5.41) is 7.96. The molecule has 3 N–H and O–H groups in total. The minimum absolute atomic E-state index is 0.141. The minimum atomic E-state index is -0.838. The Bertz CT molecular complexity index is 773. The standard InChI is InChI=1S/C23H36N4O6/c1-16(25-20(29)14-27-8-10-32-11-9-27)22(31)24-13-19(28)26-18(21(30)23(2)15-33-23)12-17-6-4-3-5-7-17/h6,16,18H,3-5,7-15H2,1-2H3,(H,24,31)(H,25,29)(H,26,28)/t16-,18-,23+/m0/s1. The smallest absolute Gasteiger partial charge is 0.242 e. The number of ether oxygens (including phenoxy) is 2. The Hall–Kier alpha value is -2.30. The van der Waals surface area contributed by atoms with Crippen LogP contribution in [0.2, 0.25) is 0 Å². The molecule has 0 unspecified atom stereocenters. The largest absolute Gasteiger partial charge is 0.379 e. The Kier molecular flexibility index (Phi) is 8.99. The molecular formula is C23H36N4O6. The number of morpholine rings is 1. The van der Waals surface area contributed by atoms with Gasteiger partial charge in [0.2, 0.25) is 17.7 Å². The zero-order valence-corrected chi connectivity index (χ0v) is 19.6. The van der Waals surface area contributed by atoms with Crippen LogP contribution < -0.4 is 16.0 Å². The highest BCUT2D eigenvalue weighted by molar-refractivity contribution is 5.97. The van der Waals surface area contributed by atoms with Gasteiger partial charge in [0.25, 0.3) is 0 Å². The first kappa shape index (κ1) is 25.3. The lowest BCUT2D eigenvalue weighted by Gasteiger charge is -2.26. The molecule has 2 fully saturated rings. The molecule has 1 aliphatic carbocycles. The normalized spacial score (nSPS) is 24.7. The number of nitrogens with one attached hydrogen (secondary N) is 3. The van der Waals surface area contributed by atoms with Crippen LogP contribution in [-0.4, -0.2) is 92.1 Å². The van der Waals surface area contributed by atoms with Crippen LogP contribution in [0.4, 0.5) is 0 Å². The van der Waals surface area contributed by atoms with Crippen molar-refractivity contribution in [3.8, 4) is 0 Å². The van der Waals surface area contributed by atoms with E-state index in [9.17, 15) is 19.2 Å². The fourth-order valence-electron chi connectivity index (χ4n) is 4.06. The molecule has 0 aromatic carbocycles. The molecule has 184 valence electrons. The number of amides is 3. The van der Waals surface area contributed by atoms with Crippen LogP contribution >= 0.6 is 0 Å². The van der Waals surface area contributed by atoms with E-state index in [0.717, 1.165) is 25.7 Å². The van der Waals surface area contributed by atoms with Crippen molar-refractivity contribution in [2.45, 2.75) is 63.6 Å². The van der Waals surface area contributed by atoms with Crippen molar-refractivity contribution in [3.63, 3.8) is 0 Å². The van der Waals surface area contributed by atoms with Crippen molar-refractivity contribution in [1.82, 2.24) is 20.9 Å². The number of carbonyl (C=O) groups is 4.